The molecule has 0 aliphatic heterocycles. The third-order valence-corrected chi connectivity index (χ3v) is 2.68. The highest BCUT2D eigenvalue weighted by Crippen LogP contribution is 2.18. The van der Waals surface area contributed by atoms with Crippen LogP contribution in [0.3, 0.4) is 0 Å². The number of benzene rings is 1. The number of rotatable bonds is 4. The maximum Gasteiger partial charge on any atom is 0.203 e. The molecule has 4 nitrogen and oxygen atoms in total. The summed E-state index contributed by atoms with van der Waals surface area (Å²) in [5, 5.41) is 8.96. The van der Waals surface area contributed by atoms with Crippen LogP contribution in [0.5, 0.6) is 0 Å². The molecule has 1 aromatic carbocycles. The molecule has 0 fully saturated rings. The first kappa shape index (κ1) is 11.0. The summed E-state index contributed by atoms with van der Waals surface area (Å²) in [7, 11) is 0. The van der Waals surface area contributed by atoms with Gasteiger partial charge in [-0.05, 0) is 31.5 Å². The molecule has 0 amide bonds. The summed E-state index contributed by atoms with van der Waals surface area (Å²) in [6, 6.07) is 6.14. The Labute approximate surface area is 94.9 Å². The molecule has 4 heteroatoms. The van der Waals surface area contributed by atoms with E-state index in [0.717, 1.165) is 23.5 Å². The van der Waals surface area contributed by atoms with Gasteiger partial charge in [0.1, 0.15) is 0 Å². The summed E-state index contributed by atoms with van der Waals surface area (Å²) in [4.78, 5) is 9.80. The van der Waals surface area contributed by atoms with Crippen molar-refractivity contribution in [1.82, 2.24) is 9.97 Å². The van der Waals surface area contributed by atoms with Gasteiger partial charge in [0, 0.05) is 13.1 Å². The van der Waals surface area contributed by atoms with Crippen LogP contribution in [0, 0.1) is 6.92 Å². The molecule has 86 valence electrons. The van der Waals surface area contributed by atoms with E-state index in [1.165, 1.54) is 5.56 Å². The molecular weight excluding hydrogens is 202 g/mol. The summed E-state index contributed by atoms with van der Waals surface area (Å²) >= 11 is 0. The van der Waals surface area contributed by atoms with E-state index < -0.39 is 0 Å². The first-order valence-corrected chi connectivity index (χ1v) is 5.56. The number of aliphatic hydroxyl groups excluding tert-OH is 1. The number of hydrogen-bond acceptors (Lipinski definition) is 3. The largest absolute Gasteiger partial charge is 0.395 e. The zero-order chi connectivity index (χ0) is 11.5. The minimum atomic E-state index is 0.143. The van der Waals surface area contributed by atoms with Crippen LogP contribution in [0.4, 0.5) is 5.95 Å². The van der Waals surface area contributed by atoms with E-state index in [2.05, 4.69) is 29.0 Å². The Bertz CT molecular complexity index is 478. The lowest BCUT2D eigenvalue weighted by Gasteiger charge is -2.17. The minimum Gasteiger partial charge on any atom is -0.395 e. The fourth-order valence-electron chi connectivity index (χ4n) is 1.79. The number of hydrogen-bond donors (Lipinski definition) is 2. The summed E-state index contributed by atoms with van der Waals surface area (Å²) in [6.07, 6.45) is 0. The van der Waals surface area contributed by atoms with Crippen LogP contribution in [0.1, 0.15) is 12.5 Å². The van der Waals surface area contributed by atoms with Crippen molar-refractivity contribution >= 4 is 17.0 Å². The van der Waals surface area contributed by atoms with Crippen molar-refractivity contribution in [2.75, 3.05) is 24.6 Å². The summed E-state index contributed by atoms with van der Waals surface area (Å²) in [6.45, 7) is 5.69. The normalized spacial score (nSPS) is 10.9. The van der Waals surface area contributed by atoms with Crippen molar-refractivity contribution < 1.29 is 5.11 Å². The maximum atomic E-state index is 8.96. The Kier molecular flexibility index (Phi) is 3.10. The van der Waals surface area contributed by atoms with Gasteiger partial charge in [-0.2, -0.15) is 0 Å². The smallest absolute Gasteiger partial charge is 0.203 e. The predicted molar refractivity (Wildman–Crippen MR) is 65.8 cm³/mol. The highest BCUT2D eigenvalue weighted by molar-refractivity contribution is 5.78. The Morgan fingerprint density at radius 3 is 2.94 bits per heavy atom. The average Bonchev–Trinajstić information content (AvgIpc) is 2.68. The number of aromatic nitrogens is 2. The number of anilines is 1. The lowest BCUT2D eigenvalue weighted by atomic mass is 10.2. The summed E-state index contributed by atoms with van der Waals surface area (Å²) < 4.78 is 0. The molecule has 2 N–H and O–H groups in total. The van der Waals surface area contributed by atoms with Gasteiger partial charge in [-0.3, -0.25) is 0 Å². The average molecular weight is 219 g/mol. The van der Waals surface area contributed by atoms with Crippen LogP contribution in [-0.2, 0) is 0 Å². The van der Waals surface area contributed by atoms with Crippen molar-refractivity contribution in [2.45, 2.75) is 13.8 Å². The molecule has 0 aliphatic rings. The SMILES string of the molecule is CCN(CCO)c1nc2ccc(C)cc2[nH]1. The number of nitrogens with zero attached hydrogens (tertiary/aromatic N) is 2. The van der Waals surface area contributed by atoms with E-state index in [0.29, 0.717) is 6.54 Å². The van der Waals surface area contributed by atoms with Gasteiger partial charge >= 0.3 is 0 Å². The highest BCUT2D eigenvalue weighted by Gasteiger charge is 2.08. The van der Waals surface area contributed by atoms with Crippen LogP contribution in [-0.4, -0.2) is 34.8 Å². The lowest BCUT2D eigenvalue weighted by Crippen LogP contribution is -2.27. The minimum absolute atomic E-state index is 0.143. The van der Waals surface area contributed by atoms with E-state index in [1.807, 2.05) is 17.9 Å². The second-order valence-corrected chi connectivity index (χ2v) is 3.88. The Hall–Kier alpha value is -1.55. The molecule has 0 atom stereocenters. The fraction of sp³-hybridized carbons (Fsp3) is 0.417. The molecule has 0 saturated carbocycles. The Balaban J connectivity index is 2.37. The summed E-state index contributed by atoms with van der Waals surface area (Å²) in [5.74, 6) is 0.831. The molecular formula is C12H17N3O. The molecule has 0 spiro atoms. The van der Waals surface area contributed by atoms with E-state index >= 15 is 0 Å². The first-order valence-electron chi connectivity index (χ1n) is 5.56. The molecule has 2 aromatic rings. The van der Waals surface area contributed by atoms with Crippen LogP contribution < -0.4 is 4.90 Å². The number of imidazole rings is 1. The second kappa shape index (κ2) is 4.53. The van der Waals surface area contributed by atoms with Gasteiger partial charge in [0.25, 0.3) is 0 Å². The Morgan fingerprint density at radius 2 is 2.25 bits per heavy atom. The fourth-order valence-corrected chi connectivity index (χ4v) is 1.79. The van der Waals surface area contributed by atoms with Crippen molar-refractivity contribution in [2.24, 2.45) is 0 Å². The van der Waals surface area contributed by atoms with E-state index in [4.69, 9.17) is 5.11 Å². The number of aliphatic hydroxyl groups is 1. The third kappa shape index (κ3) is 2.02. The molecule has 0 radical (unpaired) electrons. The predicted octanol–water partition coefficient (Wildman–Crippen LogP) is 1.69. The van der Waals surface area contributed by atoms with E-state index in [1.54, 1.807) is 0 Å². The quantitative estimate of drug-likeness (QED) is 0.822. The van der Waals surface area contributed by atoms with Gasteiger partial charge in [0.2, 0.25) is 5.95 Å². The second-order valence-electron chi connectivity index (χ2n) is 3.88. The van der Waals surface area contributed by atoms with Gasteiger partial charge in [-0.25, -0.2) is 4.98 Å². The van der Waals surface area contributed by atoms with Gasteiger partial charge in [0.15, 0.2) is 0 Å². The van der Waals surface area contributed by atoms with Crippen molar-refractivity contribution in [3.05, 3.63) is 23.8 Å². The Morgan fingerprint density at radius 1 is 1.44 bits per heavy atom. The van der Waals surface area contributed by atoms with Crippen LogP contribution >= 0.6 is 0 Å². The zero-order valence-electron chi connectivity index (χ0n) is 9.70. The maximum absolute atomic E-state index is 8.96. The third-order valence-electron chi connectivity index (χ3n) is 2.68. The molecule has 0 aliphatic carbocycles. The van der Waals surface area contributed by atoms with Gasteiger partial charge in [-0.15, -0.1) is 0 Å². The molecule has 0 saturated heterocycles. The van der Waals surface area contributed by atoms with Gasteiger partial charge in [0.05, 0.1) is 17.6 Å². The zero-order valence-corrected chi connectivity index (χ0v) is 9.70. The van der Waals surface area contributed by atoms with E-state index in [9.17, 15) is 0 Å². The number of nitrogens with one attached hydrogen (secondary N) is 1. The van der Waals surface area contributed by atoms with Gasteiger partial charge < -0.3 is 15.0 Å². The summed E-state index contributed by atoms with van der Waals surface area (Å²) in [5.41, 5.74) is 3.23. The van der Waals surface area contributed by atoms with Crippen LogP contribution in [0.15, 0.2) is 18.2 Å². The van der Waals surface area contributed by atoms with Crippen molar-refractivity contribution in [1.29, 1.82) is 0 Å². The molecule has 16 heavy (non-hydrogen) atoms. The van der Waals surface area contributed by atoms with Gasteiger partial charge in [-0.1, -0.05) is 6.07 Å². The molecule has 2 rings (SSSR count). The molecule has 0 unspecified atom stereocenters. The first-order chi connectivity index (χ1) is 7.74. The van der Waals surface area contributed by atoms with E-state index in [-0.39, 0.29) is 6.61 Å². The number of likely N-dealkylation sites (N-methyl/N-ethyl adjacent to an activating group) is 1. The van der Waals surface area contributed by atoms with Crippen LogP contribution in [0.25, 0.3) is 11.0 Å². The molecule has 0 bridgehead atoms. The number of fused-ring (bicyclic) bond motifs is 1. The van der Waals surface area contributed by atoms with Crippen molar-refractivity contribution in [3.63, 3.8) is 0 Å². The number of aromatic amines is 1. The number of H-pyrrole nitrogens is 1. The highest BCUT2D eigenvalue weighted by atomic mass is 16.3. The molecule has 1 heterocycles. The van der Waals surface area contributed by atoms with Crippen molar-refractivity contribution in [3.8, 4) is 0 Å². The lowest BCUT2D eigenvalue weighted by molar-refractivity contribution is 0.302. The van der Waals surface area contributed by atoms with Crippen LogP contribution in [0.2, 0.25) is 0 Å². The monoisotopic (exact) mass is 219 g/mol. The molecule has 1 aromatic heterocycles. The topological polar surface area (TPSA) is 52.1 Å². The number of aryl methyl sites for hydroxylation is 1. The standard InChI is InChI=1S/C12H17N3O/c1-3-15(6-7-16)12-13-10-5-4-9(2)8-11(10)14-12/h4-5,8,16H,3,6-7H2,1-2H3,(H,13,14).